The first-order valence-electron chi connectivity index (χ1n) is 4.42. The van der Waals surface area contributed by atoms with Crippen LogP contribution < -0.4 is 5.32 Å². The van der Waals surface area contributed by atoms with Crippen molar-refractivity contribution >= 4 is 43.6 Å². The molecule has 0 saturated heterocycles. The second-order valence-corrected chi connectivity index (χ2v) is 4.91. The highest BCUT2D eigenvalue weighted by atomic mass is 79.9. The van der Waals surface area contributed by atoms with Crippen LogP contribution in [0.15, 0.2) is 39.4 Å². The largest absolute Gasteiger partial charge is 0.307 e. The third-order valence-corrected chi connectivity index (χ3v) is 2.79. The molecule has 2 rings (SSSR count). The Hall–Kier alpha value is -1.14. The van der Waals surface area contributed by atoms with Crippen molar-refractivity contribution in [2.45, 2.75) is 0 Å². The standard InChI is InChI=1S/C10H7Br2N3O/c11-7-3-6(4-8(12)5-7)10(16)14-9-1-2-13-15-9/h1-5H,(H2,13,14,15,16). The highest BCUT2D eigenvalue weighted by Gasteiger charge is 2.08. The van der Waals surface area contributed by atoms with Gasteiger partial charge in [-0.1, -0.05) is 31.9 Å². The number of nitrogens with one attached hydrogen (secondary N) is 2. The van der Waals surface area contributed by atoms with Crippen LogP contribution in [0.5, 0.6) is 0 Å². The summed E-state index contributed by atoms with van der Waals surface area (Å²) < 4.78 is 1.69. The normalized spacial score (nSPS) is 10.1. The lowest BCUT2D eigenvalue weighted by Crippen LogP contribution is -2.12. The summed E-state index contributed by atoms with van der Waals surface area (Å²) in [5.41, 5.74) is 0.566. The lowest BCUT2D eigenvalue weighted by Gasteiger charge is -2.03. The highest BCUT2D eigenvalue weighted by Crippen LogP contribution is 2.20. The van der Waals surface area contributed by atoms with Gasteiger partial charge in [0.2, 0.25) is 0 Å². The molecule has 1 aromatic heterocycles. The number of aromatic amines is 1. The Bertz CT molecular complexity index is 491. The van der Waals surface area contributed by atoms with Crippen LogP contribution >= 0.6 is 31.9 Å². The number of carbonyl (C=O) groups excluding carboxylic acids is 1. The molecule has 4 nitrogen and oxygen atoms in total. The molecule has 0 unspecified atom stereocenters. The molecule has 0 fully saturated rings. The third-order valence-electron chi connectivity index (χ3n) is 1.87. The number of nitrogens with zero attached hydrogens (tertiary/aromatic N) is 1. The van der Waals surface area contributed by atoms with Crippen LogP contribution in [-0.4, -0.2) is 16.1 Å². The molecule has 1 aromatic carbocycles. The lowest BCUT2D eigenvalue weighted by atomic mass is 10.2. The SMILES string of the molecule is O=C(Nc1ccn[nH]1)c1cc(Br)cc(Br)c1. The second kappa shape index (κ2) is 4.80. The zero-order chi connectivity index (χ0) is 11.5. The van der Waals surface area contributed by atoms with Crippen LogP contribution in [0.1, 0.15) is 10.4 Å². The van der Waals surface area contributed by atoms with Crippen LogP contribution in [0, 0.1) is 0 Å². The molecule has 2 N–H and O–H groups in total. The zero-order valence-electron chi connectivity index (χ0n) is 8.00. The summed E-state index contributed by atoms with van der Waals surface area (Å²) in [5.74, 6) is 0.382. The predicted molar refractivity (Wildman–Crippen MR) is 68.4 cm³/mol. The van der Waals surface area contributed by atoms with E-state index in [1.54, 1.807) is 24.4 Å². The van der Waals surface area contributed by atoms with Crippen molar-refractivity contribution in [2.24, 2.45) is 0 Å². The lowest BCUT2D eigenvalue weighted by molar-refractivity contribution is 0.102. The number of amides is 1. The summed E-state index contributed by atoms with van der Waals surface area (Å²) in [4.78, 5) is 11.8. The van der Waals surface area contributed by atoms with E-state index in [1.165, 1.54) is 0 Å². The van der Waals surface area contributed by atoms with Gasteiger partial charge in [0, 0.05) is 20.6 Å². The molecule has 0 bridgehead atoms. The average molecular weight is 345 g/mol. The molecule has 2 aromatic rings. The van der Waals surface area contributed by atoms with E-state index in [0.717, 1.165) is 8.95 Å². The Balaban J connectivity index is 2.21. The number of H-pyrrole nitrogens is 1. The van der Waals surface area contributed by atoms with Gasteiger partial charge in [0.05, 0.1) is 6.20 Å². The monoisotopic (exact) mass is 343 g/mol. The number of aromatic nitrogens is 2. The Labute approximate surface area is 109 Å². The van der Waals surface area contributed by atoms with Gasteiger partial charge in [-0.15, -0.1) is 0 Å². The molecule has 0 aliphatic rings. The molecule has 82 valence electrons. The van der Waals surface area contributed by atoms with Crippen LogP contribution in [0.4, 0.5) is 5.82 Å². The van der Waals surface area contributed by atoms with E-state index in [0.29, 0.717) is 11.4 Å². The molecule has 1 heterocycles. The summed E-state index contributed by atoms with van der Waals surface area (Å²) >= 11 is 6.66. The number of hydrogen-bond acceptors (Lipinski definition) is 2. The minimum atomic E-state index is -0.189. The van der Waals surface area contributed by atoms with E-state index in [4.69, 9.17) is 0 Å². The van der Waals surface area contributed by atoms with Crippen LogP contribution in [-0.2, 0) is 0 Å². The van der Waals surface area contributed by atoms with Crippen LogP contribution in [0.2, 0.25) is 0 Å². The van der Waals surface area contributed by atoms with Crippen molar-refractivity contribution < 1.29 is 4.79 Å². The van der Waals surface area contributed by atoms with E-state index in [9.17, 15) is 4.79 Å². The summed E-state index contributed by atoms with van der Waals surface area (Å²) in [5, 5.41) is 9.10. The molecule has 0 saturated carbocycles. The van der Waals surface area contributed by atoms with Gasteiger partial charge in [0.1, 0.15) is 5.82 Å². The van der Waals surface area contributed by atoms with E-state index in [-0.39, 0.29) is 5.91 Å². The summed E-state index contributed by atoms with van der Waals surface area (Å²) in [6.45, 7) is 0. The van der Waals surface area contributed by atoms with Gasteiger partial charge in [0.25, 0.3) is 5.91 Å². The van der Waals surface area contributed by atoms with E-state index >= 15 is 0 Å². The van der Waals surface area contributed by atoms with Gasteiger partial charge in [-0.25, -0.2) is 0 Å². The molecule has 6 heteroatoms. The first kappa shape index (κ1) is 11.3. The molecule has 0 aliphatic carbocycles. The molecular weight excluding hydrogens is 338 g/mol. The zero-order valence-corrected chi connectivity index (χ0v) is 11.2. The number of rotatable bonds is 2. The van der Waals surface area contributed by atoms with Crippen molar-refractivity contribution in [2.75, 3.05) is 5.32 Å². The quantitative estimate of drug-likeness (QED) is 0.879. The fourth-order valence-electron chi connectivity index (χ4n) is 1.20. The minimum Gasteiger partial charge on any atom is -0.307 e. The number of hydrogen-bond donors (Lipinski definition) is 2. The van der Waals surface area contributed by atoms with Crippen LogP contribution in [0.3, 0.4) is 0 Å². The first-order chi connectivity index (χ1) is 7.65. The van der Waals surface area contributed by atoms with Crippen molar-refractivity contribution in [1.82, 2.24) is 10.2 Å². The molecule has 0 atom stereocenters. The van der Waals surface area contributed by atoms with Crippen molar-refractivity contribution in [3.05, 3.63) is 45.0 Å². The maximum atomic E-state index is 11.8. The number of halogens is 2. The number of benzene rings is 1. The smallest absolute Gasteiger partial charge is 0.256 e. The predicted octanol–water partition coefficient (Wildman–Crippen LogP) is 3.19. The molecule has 1 amide bonds. The summed E-state index contributed by atoms with van der Waals surface area (Å²) in [6.07, 6.45) is 1.58. The maximum Gasteiger partial charge on any atom is 0.256 e. The molecule has 0 radical (unpaired) electrons. The van der Waals surface area contributed by atoms with Crippen molar-refractivity contribution in [3.8, 4) is 0 Å². The minimum absolute atomic E-state index is 0.189. The molecule has 0 aliphatic heterocycles. The highest BCUT2D eigenvalue weighted by molar-refractivity contribution is 9.11. The van der Waals surface area contributed by atoms with Crippen LogP contribution in [0.25, 0.3) is 0 Å². The topological polar surface area (TPSA) is 57.8 Å². The van der Waals surface area contributed by atoms with Gasteiger partial charge < -0.3 is 5.32 Å². The summed E-state index contributed by atoms with van der Waals surface area (Å²) in [7, 11) is 0. The summed E-state index contributed by atoms with van der Waals surface area (Å²) in [6, 6.07) is 7.05. The number of anilines is 1. The fraction of sp³-hybridized carbons (Fsp3) is 0. The Morgan fingerprint density at radius 1 is 1.25 bits per heavy atom. The van der Waals surface area contributed by atoms with Gasteiger partial charge in [-0.2, -0.15) is 5.10 Å². The van der Waals surface area contributed by atoms with Crippen molar-refractivity contribution in [3.63, 3.8) is 0 Å². The number of carbonyl (C=O) groups is 1. The Morgan fingerprint density at radius 3 is 2.50 bits per heavy atom. The van der Waals surface area contributed by atoms with E-state index in [1.807, 2.05) is 6.07 Å². The molecule has 16 heavy (non-hydrogen) atoms. The molecule has 0 spiro atoms. The van der Waals surface area contributed by atoms with Gasteiger partial charge in [0.15, 0.2) is 0 Å². The maximum absolute atomic E-state index is 11.8. The molecular formula is C10H7Br2N3O. The van der Waals surface area contributed by atoms with E-state index < -0.39 is 0 Å². The Morgan fingerprint density at radius 2 is 1.94 bits per heavy atom. The van der Waals surface area contributed by atoms with E-state index in [2.05, 4.69) is 47.4 Å². The van der Waals surface area contributed by atoms with Gasteiger partial charge >= 0.3 is 0 Å². The van der Waals surface area contributed by atoms with Gasteiger partial charge in [-0.05, 0) is 18.2 Å². The van der Waals surface area contributed by atoms with Gasteiger partial charge in [-0.3, -0.25) is 9.89 Å². The second-order valence-electron chi connectivity index (χ2n) is 3.08. The average Bonchev–Trinajstić information content (AvgIpc) is 2.68. The third kappa shape index (κ3) is 2.70. The Kier molecular flexibility index (Phi) is 3.40. The fourth-order valence-corrected chi connectivity index (χ4v) is 2.50. The first-order valence-corrected chi connectivity index (χ1v) is 6.00. The van der Waals surface area contributed by atoms with Crippen molar-refractivity contribution in [1.29, 1.82) is 0 Å².